The topological polar surface area (TPSA) is 59.6 Å². The number of carbonyl (C=O) groups excluding carboxylic acids is 1. The number of methoxy groups -OCH3 is 1. The van der Waals surface area contributed by atoms with Crippen molar-refractivity contribution in [3.8, 4) is 0 Å². The van der Waals surface area contributed by atoms with E-state index >= 15 is 0 Å². The van der Waals surface area contributed by atoms with Gasteiger partial charge in [-0.3, -0.25) is 4.79 Å². The fraction of sp³-hybridized carbons (Fsp3) is 0.929. The van der Waals surface area contributed by atoms with E-state index in [0.717, 1.165) is 58.5 Å². The van der Waals surface area contributed by atoms with Gasteiger partial charge < -0.3 is 20.1 Å². The lowest BCUT2D eigenvalue weighted by atomic mass is 9.78. The van der Waals surface area contributed by atoms with Gasteiger partial charge in [-0.15, -0.1) is 12.4 Å². The van der Waals surface area contributed by atoms with Crippen molar-refractivity contribution in [2.24, 2.45) is 11.3 Å². The highest BCUT2D eigenvalue weighted by atomic mass is 35.5. The Morgan fingerprint density at radius 2 is 2.00 bits per heavy atom. The number of nitrogens with one attached hydrogen (secondary N) is 2. The summed E-state index contributed by atoms with van der Waals surface area (Å²) in [5, 5.41) is 6.45. The van der Waals surface area contributed by atoms with Gasteiger partial charge in [0.25, 0.3) is 0 Å². The van der Waals surface area contributed by atoms with Crippen LogP contribution in [-0.2, 0) is 14.3 Å². The smallest absolute Gasteiger partial charge is 0.228 e. The minimum Gasteiger partial charge on any atom is -0.384 e. The second-order valence-electron chi connectivity index (χ2n) is 5.73. The number of ether oxygens (including phenoxy) is 2. The Balaban J connectivity index is 0.00000200. The summed E-state index contributed by atoms with van der Waals surface area (Å²) in [4.78, 5) is 12.5. The van der Waals surface area contributed by atoms with Crippen LogP contribution < -0.4 is 10.6 Å². The largest absolute Gasteiger partial charge is 0.384 e. The molecule has 2 fully saturated rings. The van der Waals surface area contributed by atoms with E-state index in [9.17, 15) is 4.79 Å². The average molecular weight is 307 g/mol. The van der Waals surface area contributed by atoms with Crippen LogP contribution >= 0.6 is 12.4 Å². The number of rotatable bonds is 5. The second kappa shape index (κ2) is 8.82. The molecule has 0 unspecified atom stereocenters. The Hall–Kier alpha value is -0.360. The van der Waals surface area contributed by atoms with Gasteiger partial charge in [-0.1, -0.05) is 0 Å². The number of amides is 1. The van der Waals surface area contributed by atoms with Crippen LogP contribution in [0.3, 0.4) is 0 Å². The van der Waals surface area contributed by atoms with Crippen LogP contribution in [0.1, 0.15) is 25.7 Å². The Bertz CT molecular complexity index is 285. The zero-order valence-electron chi connectivity index (χ0n) is 12.3. The van der Waals surface area contributed by atoms with Crippen LogP contribution in [0, 0.1) is 11.3 Å². The van der Waals surface area contributed by atoms with Crippen LogP contribution in [0.4, 0.5) is 0 Å². The first-order valence-corrected chi connectivity index (χ1v) is 7.32. The third-order valence-electron chi connectivity index (χ3n) is 4.36. The second-order valence-corrected chi connectivity index (χ2v) is 5.73. The molecule has 2 aliphatic rings. The van der Waals surface area contributed by atoms with Gasteiger partial charge in [-0.05, 0) is 44.7 Å². The molecule has 0 aliphatic carbocycles. The summed E-state index contributed by atoms with van der Waals surface area (Å²) in [6.07, 6.45) is 3.83. The Morgan fingerprint density at radius 1 is 1.35 bits per heavy atom. The lowest BCUT2D eigenvalue weighted by Gasteiger charge is -2.36. The monoisotopic (exact) mass is 306 g/mol. The van der Waals surface area contributed by atoms with Gasteiger partial charge in [0, 0.05) is 26.9 Å². The molecule has 5 nitrogen and oxygen atoms in total. The molecule has 0 spiro atoms. The van der Waals surface area contributed by atoms with Crippen molar-refractivity contribution in [2.45, 2.75) is 25.7 Å². The highest BCUT2D eigenvalue weighted by Crippen LogP contribution is 2.29. The molecule has 0 atom stereocenters. The van der Waals surface area contributed by atoms with E-state index in [0.29, 0.717) is 12.5 Å². The summed E-state index contributed by atoms with van der Waals surface area (Å²) in [6.45, 7) is 4.75. The zero-order valence-corrected chi connectivity index (χ0v) is 13.1. The molecule has 0 aromatic rings. The molecule has 0 aromatic carbocycles. The lowest BCUT2D eigenvalue weighted by molar-refractivity contribution is -0.136. The molecule has 2 saturated heterocycles. The van der Waals surface area contributed by atoms with Gasteiger partial charge in [0.15, 0.2) is 0 Å². The maximum atomic E-state index is 12.5. The molecule has 0 aromatic heterocycles. The normalized spacial score (nSPS) is 22.9. The van der Waals surface area contributed by atoms with E-state index in [2.05, 4.69) is 10.6 Å². The molecule has 2 heterocycles. The van der Waals surface area contributed by atoms with Crippen LogP contribution in [0.2, 0.25) is 0 Å². The minimum atomic E-state index is -0.328. The highest BCUT2D eigenvalue weighted by molar-refractivity contribution is 5.85. The van der Waals surface area contributed by atoms with Crippen molar-refractivity contribution in [3.05, 3.63) is 0 Å². The van der Waals surface area contributed by atoms with Crippen LogP contribution in [0.5, 0.6) is 0 Å². The minimum absolute atomic E-state index is 0. The molecule has 1 amide bonds. The van der Waals surface area contributed by atoms with Gasteiger partial charge >= 0.3 is 0 Å². The predicted octanol–water partition coefficient (Wildman–Crippen LogP) is 0.967. The summed E-state index contributed by atoms with van der Waals surface area (Å²) >= 11 is 0. The molecule has 118 valence electrons. The van der Waals surface area contributed by atoms with Gasteiger partial charge in [0.1, 0.15) is 0 Å². The predicted molar refractivity (Wildman–Crippen MR) is 80.2 cm³/mol. The first-order valence-electron chi connectivity index (χ1n) is 7.32. The number of hydrogen-bond donors (Lipinski definition) is 2. The molecule has 0 radical (unpaired) electrons. The van der Waals surface area contributed by atoms with E-state index in [-0.39, 0.29) is 23.7 Å². The summed E-state index contributed by atoms with van der Waals surface area (Å²) in [5.74, 6) is 0.737. The molecule has 0 bridgehead atoms. The van der Waals surface area contributed by atoms with E-state index in [1.165, 1.54) is 0 Å². The van der Waals surface area contributed by atoms with Crippen molar-refractivity contribution in [1.82, 2.24) is 10.6 Å². The number of hydrogen-bond acceptors (Lipinski definition) is 4. The Labute approximate surface area is 127 Å². The summed E-state index contributed by atoms with van der Waals surface area (Å²) in [7, 11) is 1.68. The quantitative estimate of drug-likeness (QED) is 0.794. The van der Waals surface area contributed by atoms with Crippen molar-refractivity contribution >= 4 is 18.3 Å². The average Bonchev–Trinajstić information content (AvgIpc) is 2.47. The standard InChI is InChI=1S/C14H26N2O3.ClH/c1-18-11-14(4-6-15-7-5-14)13(17)16-10-12-2-8-19-9-3-12;/h12,15H,2-11H2,1H3,(H,16,17);1H. The zero-order chi connectivity index (χ0) is 13.6. The third-order valence-corrected chi connectivity index (χ3v) is 4.36. The van der Waals surface area contributed by atoms with E-state index in [1.807, 2.05) is 0 Å². The maximum absolute atomic E-state index is 12.5. The molecule has 20 heavy (non-hydrogen) atoms. The Morgan fingerprint density at radius 3 is 2.60 bits per heavy atom. The van der Waals surface area contributed by atoms with Crippen molar-refractivity contribution in [2.75, 3.05) is 46.6 Å². The van der Waals surface area contributed by atoms with Crippen molar-refractivity contribution in [1.29, 1.82) is 0 Å². The van der Waals surface area contributed by atoms with Crippen molar-refractivity contribution in [3.63, 3.8) is 0 Å². The van der Waals surface area contributed by atoms with Gasteiger partial charge in [0.05, 0.1) is 12.0 Å². The van der Waals surface area contributed by atoms with Crippen LogP contribution in [0.15, 0.2) is 0 Å². The van der Waals surface area contributed by atoms with E-state index < -0.39 is 0 Å². The molecule has 0 saturated carbocycles. The first-order chi connectivity index (χ1) is 9.27. The molecule has 2 N–H and O–H groups in total. The summed E-state index contributed by atoms with van der Waals surface area (Å²) in [6, 6.07) is 0. The molecular formula is C14H27ClN2O3. The number of piperidine rings is 1. The van der Waals surface area contributed by atoms with E-state index in [4.69, 9.17) is 9.47 Å². The SMILES string of the molecule is COCC1(C(=O)NCC2CCOCC2)CCNCC1.Cl. The fourth-order valence-corrected chi connectivity index (χ4v) is 2.99. The van der Waals surface area contributed by atoms with Crippen molar-refractivity contribution < 1.29 is 14.3 Å². The molecular weight excluding hydrogens is 280 g/mol. The van der Waals surface area contributed by atoms with Gasteiger partial charge in [-0.2, -0.15) is 0 Å². The van der Waals surface area contributed by atoms with Crippen LogP contribution in [0.25, 0.3) is 0 Å². The van der Waals surface area contributed by atoms with Gasteiger partial charge in [-0.25, -0.2) is 0 Å². The van der Waals surface area contributed by atoms with E-state index in [1.54, 1.807) is 7.11 Å². The highest BCUT2D eigenvalue weighted by Gasteiger charge is 2.39. The third kappa shape index (κ3) is 4.58. The van der Waals surface area contributed by atoms with Gasteiger partial charge in [0.2, 0.25) is 5.91 Å². The first kappa shape index (κ1) is 17.7. The lowest BCUT2D eigenvalue weighted by Crippen LogP contribution is -2.51. The van der Waals surface area contributed by atoms with Crippen LogP contribution in [-0.4, -0.2) is 52.5 Å². The molecule has 2 aliphatic heterocycles. The summed E-state index contributed by atoms with van der Waals surface area (Å²) in [5.41, 5.74) is -0.328. The molecule has 6 heteroatoms. The number of halogens is 1. The molecule has 2 rings (SSSR count). The maximum Gasteiger partial charge on any atom is 0.228 e. The summed E-state index contributed by atoms with van der Waals surface area (Å²) < 4.78 is 10.6. The fourth-order valence-electron chi connectivity index (χ4n) is 2.99. The Kier molecular flexibility index (Phi) is 7.80. The number of carbonyl (C=O) groups is 1.